The highest BCUT2D eigenvalue weighted by Crippen LogP contribution is 2.18. The third-order valence-corrected chi connectivity index (χ3v) is 3.02. The number of hydrogen-bond donors (Lipinski definition) is 2. The zero-order valence-corrected chi connectivity index (χ0v) is 9.84. The molecule has 1 heterocycles. The lowest BCUT2D eigenvalue weighted by atomic mass is 10.1. The number of carbonyl (C=O) groups is 1. The third kappa shape index (κ3) is 2.91. The van der Waals surface area contributed by atoms with E-state index in [0.717, 1.165) is 5.56 Å². The zero-order valence-electron chi connectivity index (χ0n) is 9.84. The van der Waals surface area contributed by atoms with Crippen molar-refractivity contribution in [3.63, 3.8) is 0 Å². The average Bonchev–Trinajstić information content (AvgIpc) is 2.77. The molecule has 17 heavy (non-hydrogen) atoms. The maximum atomic E-state index is 11.9. The van der Waals surface area contributed by atoms with Crippen molar-refractivity contribution in [1.82, 2.24) is 10.3 Å². The van der Waals surface area contributed by atoms with E-state index in [2.05, 4.69) is 10.3 Å². The summed E-state index contributed by atoms with van der Waals surface area (Å²) >= 11 is 0. The van der Waals surface area contributed by atoms with Crippen molar-refractivity contribution < 1.29 is 4.79 Å². The Kier molecular flexibility index (Phi) is 3.54. The fourth-order valence-corrected chi connectivity index (χ4v) is 1.98. The number of carbonyl (C=O) groups excluding carboxylic acids is 1. The number of nitrogens with one attached hydrogen (secondary N) is 1. The fourth-order valence-electron chi connectivity index (χ4n) is 1.98. The van der Waals surface area contributed by atoms with Gasteiger partial charge in [-0.15, -0.1) is 0 Å². The van der Waals surface area contributed by atoms with Crippen molar-refractivity contribution in [2.75, 3.05) is 0 Å². The molecule has 1 aliphatic rings. The second-order valence-electron chi connectivity index (χ2n) is 4.40. The molecule has 4 heteroatoms. The first-order valence-electron chi connectivity index (χ1n) is 5.81. The predicted octanol–water partition coefficient (Wildman–Crippen LogP) is 1.16. The summed E-state index contributed by atoms with van der Waals surface area (Å²) in [4.78, 5) is 15.9. The van der Waals surface area contributed by atoms with Gasteiger partial charge in [-0.3, -0.25) is 9.78 Å². The van der Waals surface area contributed by atoms with Gasteiger partial charge in [0.1, 0.15) is 0 Å². The van der Waals surface area contributed by atoms with Gasteiger partial charge in [0.25, 0.3) is 0 Å². The normalized spacial score (nSPS) is 24.6. The molecule has 0 spiro atoms. The summed E-state index contributed by atoms with van der Waals surface area (Å²) < 4.78 is 0. The summed E-state index contributed by atoms with van der Waals surface area (Å²) in [5.41, 5.74) is 6.78. The van der Waals surface area contributed by atoms with Crippen LogP contribution in [0.4, 0.5) is 0 Å². The maximum Gasteiger partial charge on any atom is 0.227 e. The zero-order chi connectivity index (χ0) is 12.3. The van der Waals surface area contributed by atoms with Crippen LogP contribution in [0.2, 0.25) is 0 Å². The minimum atomic E-state index is -0.0886. The van der Waals surface area contributed by atoms with Crippen molar-refractivity contribution in [2.45, 2.75) is 25.4 Å². The Bertz CT molecular complexity index is 416. The van der Waals surface area contributed by atoms with Crippen molar-refractivity contribution in [2.24, 2.45) is 11.7 Å². The van der Waals surface area contributed by atoms with Crippen LogP contribution in [0.3, 0.4) is 0 Å². The molecule has 1 aromatic heterocycles. The minimum absolute atomic E-state index is 0.00396. The highest BCUT2D eigenvalue weighted by molar-refractivity contribution is 5.81. The van der Waals surface area contributed by atoms with Crippen LogP contribution in [0.25, 0.3) is 0 Å². The van der Waals surface area contributed by atoms with Gasteiger partial charge in [-0.05, 0) is 31.0 Å². The van der Waals surface area contributed by atoms with Crippen LogP contribution in [-0.2, 0) is 4.79 Å². The van der Waals surface area contributed by atoms with E-state index >= 15 is 0 Å². The molecule has 1 aliphatic carbocycles. The fraction of sp³-hybridized carbons (Fsp3) is 0.385. The predicted molar refractivity (Wildman–Crippen MR) is 66.0 cm³/mol. The Labute approximate surface area is 101 Å². The summed E-state index contributed by atoms with van der Waals surface area (Å²) in [7, 11) is 0. The van der Waals surface area contributed by atoms with Gasteiger partial charge in [-0.25, -0.2) is 0 Å². The number of hydrogen-bond acceptors (Lipinski definition) is 3. The average molecular weight is 231 g/mol. The second-order valence-corrected chi connectivity index (χ2v) is 4.40. The van der Waals surface area contributed by atoms with Gasteiger partial charge in [0.05, 0.1) is 12.0 Å². The molecule has 0 saturated heterocycles. The summed E-state index contributed by atoms with van der Waals surface area (Å²) in [6.45, 7) is 1.96. The number of amides is 1. The first-order valence-corrected chi connectivity index (χ1v) is 5.81. The molecular weight excluding hydrogens is 214 g/mol. The summed E-state index contributed by atoms with van der Waals surface area (Å²) in [6.07, 6.45) is 7.93. The SMILES string of the molecule is C[C@@H](NC(=O)C1C=CC(N)C1)c1ccncc1. The van der Waals surface area contributed by atoms with Crippen LogP contribution in [0, 0.1) is 5.92 Å². The van der Waals surface area contributed by atoms with Gasteiger partial charge in [0.15, 0.2) is 0 Å². The van der Waals surface area contributed by atoms with E-state index in [1.807, 2.05) is 31.2 Å². The van der Waals surface area contributed by atoms with Crippen molar-refractivity contribution in [3.8, 4) is 0 Å². The second kappa shape index (κ2) is 5.10. The Morgan fingerprint density at radius 3 is 2.76 bits per heavy atom. The molecule has 0 fully saturated rings. The third-order valence-electron chi connectivity index (χ3n) is 3.02. The van der Waals surface area contributed by atoms with Crippen LogP contribution in [0.1, 0.15) is 24.9 Å². The molecule has 2 unspecified atom stereocenters. The molecule has 0 aromatic carbocycles. The number of aromatic nitrogens is 1. The molecule has 2 rings (SSSR count). The standard InChI is InChI=1S/C13H17N3O/c1-9(10-4-6-15-7-5-10)16-13(17)11-2-3-12(14)8-11/h2-7,9,11-12H,8,14H2,1H3,(H,16,17)/t9-,11?,12?/m1/s1. The first kappa shape index (κ1) is 11.8. The largest absolute Gasteiger partial charge is 0.349 e. The molecule has 4 nitrogen and oxygen atoms in total. The van der Waals surface area contributed by atoms with Crippen molar-refractivity contribution >= 4 is 5.91 Å². The highest BCUT2D eigenvalue weighted by Gasteiger charge is 2.23. The first-order chi connectivity index (χ1) is 8.16. The van der Waals surface area contributed by atoms with Gasteiger partial charge in [0.2, 0.25) is 5.91 Å². The van der Waals surface area contributed by atoms with Crippen LogP contribution in [-0.4, -0.2) is 16.9 Å². The molecule has 0 saturated carbocycles. The Balaban J connectivity index is 1.93. The monoisotopic (exact) mass is 231 g/mol. The number of nitrogens with zero attached hydrogens (tertiary/aromatic N) is 1. The lowest BCUT2D eigenvalue weighted by molar-refractivity contribution is -0.124. The summed E-state index contributed by atoms with van der Waals surface area (Å²) in [5, 5.41) is 2.99. The number of pyridine rings is 1. The summed E-state index contributed by atoms with van der Waals surface area (Å²) in [5.74, 6) is -0.0483. The van der Waals surface area contributed by atoms with Crippen LogP contribution >= 0.6 is 0 Å². The topological polar surface area (TPSA) is 68.0 Å². The molecule has 3 atom stereocenters. The van der Waals surface area contributed by atoms with Gasteiger partial charge in [-0.2, -0.15) is 0 Å². The lowest BCUT2D eigenvalue weighted by Gasteiger charge is -2.17. The molecule has 3 N–H and O–H groups in total. The van der Waals surface area contributed by atoms with E-state index in [4.69, 9.17) is 5.73 Å². The van der Waals surface area contributed by atoms with E-state index in [9.17, 15) is 4.79 Å². The Morgan fingerprint density at radius 1 is 1.47 bits per heavy atom. The minimum Gasteiger partial charge on any atom is -0.349 e. The molecule has 0 aliphatic heterocycles. The summed E-state index contributed by atoms with van der Waals surface area (Å²) in [6, 6.07) is 3.82. The van der Waals surface area contributed by atoms with E-state index < -0.39 is 0 Å². The van der Waals surface area contributed by atoms with E-state index in [-0.39, 0.29) is 23.9 Å². The molecule has 1 amide bonds. The molecule has 90 valence electrons. The number of rotatable bonds is 3. The van der Waals surface area contributed by atoms with Crippen molar-refractivity contribution in [1.29, 1.82) is 0 Å². The lowest BCUT2D eigenvalue weighted by Crippen LogP contribution is -2.32. The Morgan fingerprint density at radius 2 is 2.18 bits per heavy atom. The molecule has 1 aromatic rings. The maximum absolute atomic E-state index is 11.9. The van der Waals surface area contributed by atoms with Crippen LogP contribution < -0.4 is 11.1 Å². The molecular formula is C13H17N3O. The van der Waals surface area contributed by atoms with Gasteiger partial charge >= 0.3 is 0 Å². The molecule has 0 bridgehead atoms. The van der Waals surface area contributed by atoms with E-state index in [1.54, 1.807) is 12.4 Å². The Hall–Kier alpha value is -1.68. The molecule has 0 radical (unpaired) electrons. The highest BCUT2D eigenvalue weighted by atomic mass is 16.1. The quantitative estimate of drug-likeness (QED) is 0.767. The smallest absolute Gasteiger partial charge is 0.227 e. The number of nitrogens with two attached hydrogens (primary N) is 1. The van der Waals surface area contributed by atoms with E-state index in [0.29, 0.717) is 6.42 Å². The van der Waals surface area contributed by atoms with Crippen LogP contribution in [0.15, 0.2) is 36.7 Å². The van der Waals surface area contributed by atoms with Crippen molar-refractivity contribution in [3.05, 3.63) is 42.2 Å². The van der Waals surface area contributed by atoms with Gasteiger partial charge < -0.3 is 11.1 Å². The van der Waals surface area contributed by atoms with Crippen LogP contribution in [0.5, 0.6) is 0 Å². The van der Waals surface area contributed by atoms with E-state index in [1.165, 1.54) is 0 Å². The van der Waals surface area contributed by atoms with Gasteiger partial charge in [0, 0.05) is 18.4 Å². The van der Waals surface area contributed by atoms with Gasteiger partial charge in [-0.1, -0.05) is 12.2 Å².